The molecule has 0 saturated carbocycles. The second-order valence-electron chi connectivity index (χ2n) is 3.36. The molecule has 0 radical (unpaired) electrons. The molecule has 1 atom stereocenters. The van der Waals surface area contributed by atoms with E-state index in [1.165, 1.54) is 18.9 Å². The molecule has 0 aromatic carbocycles. The van der Waals surface area contributed by atoms with Gasteiger partial charge in [-0.25, -0.2) is 9.18 Å². The van der Waals surface area contributed by atoms with Crippen molar-refractivity contribution in [2.75, 3.05) is 26.7 Å². The highest BCUT2D eigenvalue weighted by atomic mass is 19.1. The quantitative estimate of drug-likeness (QED) is 0.469. The summed E-state index contributed by atoms with van der Waals surface area (Å²) in [5, 5.41) is 0. The lowest BCUT2D eigenvalue weighted by Crippen LogP contribution is -2.56. The van der Waals surface area contributed by atoms with Gasteiger partial charge in [0.15, 0.2) is 0 Å². The Bertz CT molecular complexity index is 321. The lowest BCUT2D eigenvalue weighted by atomic mass is 10.3. The van der Waals surface area contributed by atoms with E-state index in [4.69, 9.17) is 0 Å². The number of hydrogen-bond donors (Lipinski definition) is 0. The number of amides is 2. The number of alkyl halides is 1. The SMILES string of the molecule is CCOC(=O)C(F)N1CC(=O)N(C)CC1=O. The number of hydrogen-bond acceptors (Lipinski definition) is 4. The Kier molecular flexibility index (Phi) is 3.81. The van der Waals surface area contributed by atoms with E-state index in [9.17, 15) is 18.8 Å². The van der Waals surface area contributed by atoms with E-state index >= 15 is 0 Å². The van der Waals surface area contributed by atoms with Crippen LogP contribution in [0.15, 0.2) is 0 Å². The summed E-state index contributed by atoms with van der Waals surface area (Å²) < 4.78 is 17.9. The third kappa shape index (κ3) is 2.47. The Morgan fingerprint density at radius 3 is 2.62 bits per heavy atom. The molecule has 0 N–H and O–H groups in total. The van der Waals surface area contributed by atoms with Crippen molar-refractivity contribution in [2.45, 2.75) is 13.2 Å². The summed E-state index contributed by atoms with van der Waals surface area (Å²) >= 11 is 0. The van der Waals surface area contributed by atoms with E-state index in [0.717, 1.165) is 0 Å². The van der Waals surface area contributed by atoms with Crippen LogP contribution in [0.25, 0.3) is 0 Å². The molecule has 90 valence electrons. The van der Waals surface area contributed by atoms with Crippen molar-refractivity contribution in [2.24, 2.45) is 0 Å². The molecule has 1 fully saturated rings. The molecular formula is C9H13FN2O4. The first kappa shape index (κ1) is 12.4. The third-order valence-corrected chi connectivity index (χ3v) is 2.18. The maximum absolute atomic E-state index is 13.5. The number of nitrogens with zero attached hydrogens (tertiary/aromatic N) is 2. The maximum atomic E-state index is 13.5. The van der Waals surface area contributed by atoms with Crippen LogP contribution in [0.4, 0.5) is 4.39 Å². The molecule has 1 saturated heterocycles. The van der Waals surface area contributed by atoms with Crippen molar-refractivity contribution in [1.82, 2.24) is 9.80 Å². The van der Waals surface area contributed by atoms with Gasteiger partial charge in [0, 0.05) is 7.05 Å². The summed E-state index contributed by atoms with van der Waals surface area (Å²) in [6.45, 7) is 0.894. The molecule has 2 amide bonds. The standard InChI is InChI=1S/C9H13FN2O4/c1-3-16-9(15)8(10)12-5-6(13)11(2)4-7(12)14/h8H,3-5H2,1-2H3. The molecule has 0 bridgehead atoms. The molecule has 1 aliphatic heterocycles. The molecule has 1 heterocycles. The van der Waals surface area contributed by atoms with Gasteiger partial charge in [-0.2, -0.15) is 0 Å². The van der Waals surface area contributed by atoms with Crippen molar-refractivity contribution in [3.05, 3.63) is 0 Å². The van der Waals surface area contributed by atoms with E-state index in [1.54, 1.807) is 0 Å². The van der Waals surface area contributed by atoms with Crippen LogP contribution in [0.5, 0.6) is 0 Å². The van der Waals surface area contributed by atoms with Crippen LogP contribution in [0.1, 0.15) is 6.92 Å². The number of halogens is 1. The van der Waals surface area contributed by atoms with Crippen LogP contribution in [0.3, 0.4) is 0 Å². The molecule has 6 nitrogen and oxygen atoms in total. The molecule has 16 heavy (non-hydrogen) atoms. The topological polar surface area (TPSA) is 66.9 Å². The fourth-order valence-electron chi connectivity index (χ4n) is 1.28. The smallest absolute Gasteiger partial charge is 0.362 e. The van der Waals surface area contributed by atoms with Gasteiger partial charge in [0.1, 0.15) is 6.54 Å². The number of likely N-dealkylation sites (N-methyl/N-ethyl adjacent to an activating group) is 1. The van der Waals surface area contributed by atoms with Crippen LogP contribution in [-0.2, 0) is 19.1 Å². The van der Waals surface area contributed by atoms with Gasteiger partial charge in [0.25, 0.3) is 6.30 Å². The van der Waals surface area contributed by atoms with E-state index in [1.807, 2.05) is 0 Å². The number of carbonyl (C=O) groups excluding carboxylic acids is 3. The highest BCUT2D eigenvalue weighted by Crippen LogP contribution is 2.10. The fraction of sp³-hybridized carbons (Fsp3) is 0.667. The molecule has 1 unspecified atom stereocenters. The second kappa shape index (κ2) is 4.91. The lowest BCUT2D eigenvalue weighted by molar-refractivity contribution is -0.168. The summed E-state index contributed by atoms with van der Waals surface area (Å²) in [4.78, 5) is 35.5. The molecule has 7 heteroatoms. The highest BCUT2D eigenvalue weighted by Gasteiger charge is 2.36. The molecule has 0 aromatic heterocycles. The second-order valence-corrected chi connectivity index (χ2v) is 3.36. The summed E-state index contributed by atoms with van der Waals surface area (Å²) in [7, 11) is 1.44. The lowest BCUT2D eigenvalue weighted by Gasteiger charge is -2.32. The average Bonchev–Trinajstić information content (AvgIpc) is 2.23. The third-order valence-electron chi connectivity index (χ3n) is 2.18. The normalized spacial score (nSPS) is 18.7. The van der Waals surface area contributed by atoms with E-state index in [2.05, 4.69) is 4.74 Å². The number of esters is 1. The number of rotatable bonds is 3. The Labute approximate surface area is 91.9 Å². The number of carbonyl (C=O) groups is 3. The first-order valence-electron chi connectivity index (χ1n) is 4.81. The minimum atomic E-state index is -2.20. The molecular weight excluding hydrogens is 219 g/mol. The molecule has 0 spiro atoms. The highest BCUT2D eigenvalue weighted by molar-refractivity contribution is 5.94. The molecule has 0 aromatic rings. The molecule has 1 rings (SSSR count). The summed E-state index contributed by atoms with van der Waals surface area (Å²) in [5.41, 5.74) is 0. The summed E-state index contributed by atoms with van der Waals surface area (Å²) in [5.74, 6) is -2.16. The van der Waals surface area contributed by atoms with Crippen LogP contribution in [0.2, 0.25) is 0 Å². The van der Waals surface area contributed by atoms with E-state index in [-0.39, 0.29) is 13.2 Å². The van der Waals surface area contributed by atoms with E-state index < -0.39 is 30.6 Å². The van der Waals surface area contributed by atoms with Crippen molar-refractivity contribution >= 4 is 17.8 Å². The van der Waals surface area contributed by atoms with Crippen LogP contribution >= 0.6 is 0 Å². The zero-order chi connectivity index (χ0) is 12.3. The Balaban J connectivity index is 2.69. The Morgan fingerprint density at radius 2 is 2.06 bits per heavy atom. The first-order valence-corrected chi connectivity index (χ1v) is 4.81. The Hall–Kier alpha value is -1.66. The van der Waals surface area contributed by atoms with Gasteiger partial charge in [-0.15, -0.1) is 0 Å². The van der Waals surface area contributed by atoms with Gasteiger partial charge < -0.3 is 9.64 Å². The first-order chi connectivity index (χ1) is 7.47. The van der Waals surface area contributed by atoms with Gasteiger partial charge in [-0.05, 0) is 6.92 Å². The number of piperazine rings is 1. The van der Waals surface area contributed by atoms with Gasteiger partial charge in [0.2, 0.25) is 11.8 Å². The fourth-order valence-corrected chi connectivity index (χ4v) is 1.28. The average molecular weight is 232 g/mol. The monoisotopic (exact) mass is 232 g/mol. The zero-order valence-electron chi connectivity index (χ0n) is 9.10. The predicted octanol–water partition coefficient (Wildman–Crippen LogP) is -0.854. The van der Waals surface area contributed by atoms with Gasteiger partial charge in [0.05, 0.1) is 13.2 Å². The molecule has 0 aliphatic carbocycles. The largest absolute Gasteiger partial charge is 0.462 e. The van der Waals surface area contributed by atoms with E-state index in [0.29, 0.717) is 4.90 Å². The summed E-state index contributed by atoms with van der Waals surface area (Å²) in [6.07, 6.45) is -2.20. The van der Waals surface area contributed by atoms with Gasteiger partial charge in [-0.1, -0.05) is 0 Å². The maximum Gasteiger partial charge on any atom is 0.362 e. The van der Waals surface area contributed by atoms with Crippen molar-refractivity contribution < 1.29 is 23.5 Å². The number of ether oxygens (including phenoxy) is 1. The van der Waals surface area contributed by atoms with Gasteiger partial charge in [-0.3, -0.25) is 14.5 Å². The summed E-state index contributed by atoms with van der Waals surface area (Å²) in [6, 6.07) is 0. The van der Waals surface area contributed by atoms with Crippen molar-refractivity contribution in [1.29, 1.82) is 0 Å². The van der Waals surface area contributed by atoms with Crippen LogP contribution in [0, 0.1) is 0 Å². The molecule has 1 aliphatic rings. The minimum Gasteiger partial charge on any atom is -0.462 e. The Morgan fingerprint density at radius 1 is 1.44 bits per heavy atom. The minimum absolute atomic E-state index is 0.0229. The van der Waals surface area contributed by atoms with Crippen molar-refractivity contribution in [3.63, 3.8) is 0 Å². The van der Waals surface area contributed by atoms with Crippen LogP contribution in [-0.4, -0.2) is 60.6 Å². The zero-order valence-corrected chi connectivity index (χ0v) is 9.10. The predicted molar refractivity (Wildman–Crippen MR) is 50.9 cm³/mol. The van der Waals surface area contributed by atoms with Gasteiger partial charge >= 0.3 is 5.97 Å². The van der Waals surface area contributed by atoms with Crippen molar-refractivity contribution in [3.8, 4) is 0 Å². The van der Waals surface area contributed by atoms with Crippen LogP contribution < -0.4 is 0 Å².